The highest BCUT2D eigenvalue weighted by atomic mass is 16.5. The van der Waals surface area contributed by atoms with Gasteiger partial charge in [-0.15, -0.1) is 0 Å². The molecular weight excluding hydrogens is 188 g/mol. The molecule has 0 atom stereocenters. The summed E-state index contributed by atoms with van der Waals surface area (Å²) in [6.45, 7) is 5.86. The number of nitrogens with zero attached hydrogens (tertiary/aromatic N) is 1. The van der Waals surface area contributed by atoms with Crippen molar-refractivity contribution >= 4 is 11.4 Å². The Hall–Kier alpha value is -2.03. The van der Waals surface area contributed by atoms with E-state index in [0.29, 0.717) is 11.6 Å². The predicted molar refractivity (Wildman–Crippen MR) is 61.1 cm³/mol. The molecule has 0 aliphatic carbocycles. The maximum atomic E-state index is 5.49. The van der Waals surface area contributed by atoms with Crippen molar-refractivity contribution < 1.29 is 4.52 Å². The van der Waals surface area contributed by atoms with E-state index in [1.54, 1.807) is 6.07 Å². The summed E-state index contributed by atoms with van der Waals surface area (Å²) >= 11 is 0. The van der Waals surface area contributed by atoms with Crippen molar-refractivity contribution in [1.29, 1.82) is 0 Å². The number of anilines is 1. The molecule has 2 N–H and O–H groups in total. The number of benzene rings is 1. The Labute approximate surface area is 88.2 Å². The first-order valence-corrected chi connectivity index (χ1v) is 4.65. The largest absolute Gasteiger partial charge is 0.381 e. The van der Waals surface area contributed by atoms with Gasteiger partial charge in [-0.25, -0.2) is 0 Å². The fourth-order valence-corrected chi connectivity index (χ4v) is 1.36. The standard InChI is InChI=1S/C12H12N2O/c1-8(2)9-4-3-5-10(6-9)11-7-12(13)14-15-11/h3-7H,1H2,2H3,(H2,13,14). The molecule has 0 saturated heterocycles. The second-order valence-corrected chi connectivity index (χ2v) is 3.48. The van der Waals surface area contributed by atoms with Crippen molar-refractivity contribution in [2.45, 2.75) is 6.92 Å². The molecule has 0 aliphatic heterocycles. The summed E-state index contributed by atoms with van der Waals surface area (Å²) in [5, 5.41) is 3.65. The molecule has 15 heavy (non-hydrogen) atoms. The van der Waals surface area contributed by atoms with Gasteiger partial charge in [0.05, 0.1) is 0 Å². The van der Waals surface area contributed by atoms with E-state index in [9.17, 15) is 0 Å². The van der Waals surface area contributed by atoms with Crippen LogP contribution in [-0.4, -0.2) is 5.16 Å². The minimum Gasteiger partial charge on any atom is -0.381 e. The lowest BCUT2D eigenvalue weighted by atomic mass is 10.0. The number of hydrogen-bond donors (Lipinski definition) is 1. The van der Waals surface area contributed by atoms with Crippen molar-refractivity contribution in [2.24, 2.45) is 0 Å². The number of nitrogens with two attached hydrogens (primary N) is 1. The molecule has 76 valence electrons. The van der Waals surface area contributed by atoms with Crippen LogP contribution in [0.25, 0.3) is 16.9 Å². The number of aromatic nitrogens is 1. The zero-order chi connectivity index (χ0) is 10.8. The molecule has 0 fully saturated rings. The number of hydrogen-bond acceptors (Lipinski definition) is 3. The lowest BCUT2D eigenvalue weighted by Gasteiger charge is -2.01. The Morgan fingerprint density at radius 2 is 2.20 bits per heavy atom. The van der Waals surface area contributed by atoms with Gasteiger partial charge < -0.3 is 10.3 Å². The summed E-state index contributed by atoms with van der Waals surface area (Å²) in [4.78, 5) is 0. The zero-order valence-corrected chi connectivity index (χ0v) is 8.53. The highest BCUT2D eigenvalue weighted by Crippen LogP contribution is 2.24. The Bertz CT molecular complexity index is 500. The van der Waals surface area contributed by atoms with Crippen molar-refractivity contribution in [1.82, 2.24) is 5.16 Å². The first-order chi connectivity index (χ1) is 7.16. The van der Waals surface area contributed by atoms with Crippen LogP contribution in [-0.2, 0) is 0 Å². The van der Waals surface area contributed by atoms with Gasteiger partial charge in [0.15, 0.2) is 11.6 Å². The molecule has 0 bridgehead atoms. The summed E-state index contributed by atoms with van der Waals surface area (Å²) in [5.41, 5.74) is 8.55. The highest BCUT2D eigenvalue weighted by Gasteiger charge is 2.05. The van der Waals surface area contributed by atoms with Crippen LogP contribution in [0.1, 0.15) is 12.5 Å². The summed E-state index contributed by atoms with van der Waals surface area (Å²) in [7, 11) is 0. The molecule has 0 amide bonds. The Balaban J connectivity index is 2.45. The fourth-order valence-electron chi connectivity index (χ4n) is 1.36. The number of rotatable bonds is 2. The number of allylic oxidation sites excluding steroid dienone is 1. The van der Waals surface area contributed by atoms with Gasteiger partial charge in [-0.05, 0) is 18.6 Å². The average molecular weight is 200 g/mol. The van der Waals surface area contributed by atoms with Gasteiger partial charge >= 0.3 is 0 Å². The van der Waals surface area contributed by atoms with Crippen LogP contribution < -0.4 is 5.73 Å². The third-order valence-electron chi connectivity index (χ3n) is 2.17. The maximum absolute atomic E-state index is 5.49. The van der Waals surface area contributed by atoms with Crippen molar-refractivity contribution in [3.8, 4) is 11.3 Å². The number of nitrogen functional groups attached to an aromatic ring is 1. The van der Waals surface area contributed by atoms with E-state index < -0.39 is 0 Å². The summed E-state index contributed by atoms with van der Waals surface area (Å²) in [5.74, 6) is 1.07. The Kier molecular flexibility index (Phi) is 2.29. The van der Waals surface area contributed by atoms with Crippen molar-refractivity contribution in [2.75, 3.05) is 5.73 Å². The SMILES string of the molecule is C=C(C)c1cccc(-c2cc(N)no2)c1. The molecule has 3 heteroatoms. The fraction of sp³-hybridized carbons (Fsp3) is 0.0833. The molecule has 0 spiro atoms. The normalized spacial score (nSPS) is 10.2. The van der Waals surface area contributed by atoms with Crippen LogP contribution in [0.5, 0.6) is 0 Å². The Morgan fingerprint density at radius 1 is 1.40 bits per heavy atom. The average Bonchev–Trinajstić information content (AvgIpc) is 2.65. The summed E-state index contributed by atoms with van der Waals surface area (Å²) in [6.07, 6.45) is 0. The zero-order valence-electron chi connectivity index (χ0n) is 8.53. The monoisotopic (exact) mass is 200 g/mol. The van der Waals surface area contributed by atoms with Crippen LogP contribution in [0.2, 0.25) is 0 Å². The van der Waals surface area contributed by atoms with Gasteiger partial charge in [-0.1, -0.05) is 35.5 Å². The lowest BCUT2D eigenvalue weighted by Crippen LogP contribution is -1.81. The first-order valence-electron chi connectivity index (χ1n) is 4.65. The molecule has 0 unspecified atom stereocenters. The first kappa shape index (κ1) is 9.52. The lowest BCUT2D eigenvalue weighted by molar-refractivity contribution is 0.436. The van der Waals surface area contributed by atoms with Gasteiger partial charge in [-0.2, -0.15) is 0 Å². The molecule has 0 aliphatic rings. The second-order valence-electron chi connectivity index (χ2n) is 3.48. The molecule has 3 nitrogen and oxygen atoms in total. The van der Waals surface area contributed by atoms with Gasteiger partial charge in [0.25, 0.3) is 0 Å². The van der Waals surface area contributed by atoms with Gasteiger partial charge in [-0.3, -0.25) is 0 Å². The molecule has 0 saturated carbocycles. The van der Waals surface area contributed by atoms with E-state index in [2.05, 4.69) is 11.7 Å². The van der Waals surface area contributed by atoms with E-state index >= 15 is 0 Å². The van der Waals surface area contributed by atoms with Crippen LogP contribution >= 0.6 is 0 Å². The molecular formula is C12H12N2O. The van der Waals surface area contributed by atoms with Crippen LogP contribution in [0, 0.1) is 0 Å². The predicted octanol–water partition coefficient (Wildman–Crippen LogP) is 2.96. The van der Waals surface area contributed by atoms with E-state index in [1.165, 1.54) is 0 Å². The van der Waals surface area contributed by atoms with Gasteiger partial charge in [0.1, 0.15) is 0 Å². The Morgan fingerprint density at radius 3 is 2.80 bits per heavy atom. The second kappa shape index (κ2) is 3.61. The topological polar surface area (TPSA) is 52.0 Å². The van der Waals surface area contributed by atoms with Gasteiger partial charge in [0, 0.05) is 11.6 Å². The molecule has 0 radical (unpaired) electrons. The minimum atomic E-state index is 0.394. The molecule has 1 heterocycles. The molecule has 2 aromatic rings. The van der Waals surface area contributed by atoms with E-state index in [0.717, 1.165) is 16.7 Å². The van der Waals surface area contributed by atoms with E-state index in [-0.39, 0.29) is 0 Å². The third-order valence-corrected chi connectivity index (χ3v) is 2.17. The maximum Gasteiger partial charge on any atom is 0.169 e. The van der Waals surface area contributed by atoms with Crippen molar-refractivity contribution in [3.63, 3.8) is 0 Å². The van der Waals surface area contributed by atoms with Crippen LogP contribution in [0.15, 0.2) is 41.4 Å². The summed E-state index contributed by atoms with van der Waals surface area (Å²) in [6, 6.07) is 9.62. The third kappa shape index (κ3) is 1.91. The van der Waals surface area contributed by atoms with Crippen LogP contribution in [0.3, 0.4) is 0 Å². The minimum absolute atomic E-state index is 0.394. The molecule has 1 aromatic heterocycles. The molecule has 2 rings (SSSR count). The van der Waals surface area contributed by atoms with E-state index in [1.807, 2.05) is 31.2 Å². The molecule has 1 aromatic carbocycles. The van der Waals surface area contributed by atoms with Crippen molar-refractivity contribution in [3.05, 3.63) is 42.5 Å². The quantitative estimate of drug-likeness (QED) is 0.810. The summed E-state index contributed by atoms with van der Waals surface area (Å²) < 4.78 is 5.08. The highest BCUT2D eigenvalue weighted by molar-refractivity contribution is 5.69. The van der Waals surface area contributed by atoms with Crippen LogP contribution in [0.4, 0.5) is 5.82 Å². The van der Waals surface area contributed by atoms with E-state index in [4.69, 9.17) is 10.3 Å². The smallest absolute Gasteiger partial charge is 0.169 e. The van der Waals surface area contributed by atoms with Gasteiger partial charge in [0.2, 0.25) is 0 Å².